The summed E-state index contributed by atoms with van der Waals surface area (Å²) >= 11 is 0. The molecule has 1 fully saturated rings. The predicted octanol–water partition coefficient (Wildman–Crippen LogP) is -0.485. The number of nitrogens with one attached hydrogen (secondary N) is 1. The molecule has 4 nitrogen and oxygen atoms in total. The molecule has 0 amide bonds. The van der Waals surface area contributed by atoms with Gasteiger partial charge in [0.05, 0.1) is 25.4 Å². The number of morpholine rings is 1. The third-order valence-electron chi connectivity index (χ3n) is 1.47. The van der Waals surface area contributed by atoms with Gasteiger partial charge in [0.1, 0.15) is 6.61 Å². The molecule has 0 bridgehead atoms. The molecule has 0 radical (unpaired) electrons. The van der Waals surface area contributed by atoms with Crippen LogP contribution >= 0.6 is 0 Å². The van der Waals surface area contributed by atoms with Crippen molar-refractivity contribution in [3.8, 4) is 6.07 Å². The molecule has 0 spiro atoms. The topological polar surface area (TPSA) is 54.3 Å². The van der Waals surface area contributed by atoms with E-state index in [0.717, 1.165) is 19.7 Å². The molecule has 0 aliphatic carbocycles. The van der Waals surface area contributed by atoms with Crippen molar-refractivity contribution in [1.82, 2.24) is 5.32 Å². The molecule has 1 unspecified atom stereocenters. The van der Waals surface area contributed by atoms with E-state index >= 15 is 0 Å². The van der Waals surface area contributed by atoms with Crippen LogP contribution in [0.25, 0.3) is 0 Å². The maximum absolute atomic E-state index is 8.16. The van der Waals surface area contributed by atoms with Crippen LogP contribution in [0.15, 0.2) is 0 Å². The van der Waals surface area contributed by atoms with E-state index in [1.165, 1.54) is 0 Å². The van der Waals surface area contributed by atoms with Crippen LogP contribution in [0, 0.1) is 11.3 Å². The summed E-state index contributed by atoms with van der Waals surface area (Å²) in [5.74, 6) is 0. The van der Waals surface area contributed by atoms with Crippen molar-refractivity contribution in [2.24, 2.45) is 0 Å². The molecule has 0 saturated carbocycles. The van der Waals surface area contributed by atoms with Gasteiger partial charge in [0.25, 0.3) is 0 Å². The van der Waals surface area contributed by atoms with Gasteiger partial charge in [0.2, 0.25) is 0 Å². The molecule has 0 aromatic heterocycles. The van der Waals surface area contributed by atoms with Crippen LogP contribution in [0.2, 0.25) is 0 Å². The molecule has 62 valence electrons. The van der Waals surface area contributed by atoms with E-state index < -0.39 is 0 Å². The Morgan fingerprint density at radius 1 is 1.73 bits per heavy atom. The number of hydrogen-bond acceptors (Lipinski definition) is 4. The highest BCUT2D eigenvalue weighted by Crippen LogP contribution is 1.95. The van der Waals surface area contributed by atoms with E-state index in [4.69, 9.17) is 14.7 Å². The summed E-state index contributed by atoms with van der Waals surface area (Å²) in [5.41, 5.74) is 0. The van der Waals surface area contributed by atoms with E-state index in [0.29, 0.717) is 6.61 Å². The second-order valence-corrected chi connectivity index (χ2v) is 2.37. The monoisotopic (exact) mass is 156 g/mol. The van der Waals surface area contributed by atoms with E-state index in [2.05, 4.69) is 5.32 Å². The van der Waals surface area contributed by atoms with Crippen LogP contribution in [-0.2, 0) is 9.47 Å². The first-order chi connectivity index (χ1) is 5.43. The van der Waals surface area contributed by atoms with Gasteiger partial charge in [0, 0.05) is 13.1 Å². The van der Waals surface area contributed by atoms with Crippen molar-refractivity contribution in [2.75, 3.05) is 32.9 Å². The molecule has 1 aliphatic heterocycles. The quantitative estimate of drug-likeness (QED) is 0.560. The molecule has 0 aromatic rings. The van der Waals surface area contributed by atoms with Gasteiger partial charge in [-0.25, -0.2) is 0 Å². The zero-order valence-corrected chi connectivity index (χ0v) is 6.38. The SMILES string of the molecule is N#CCOCC1CNCCO1. The molecule has 0 aromatic carbocycles. The normalized spacial score (nSPS) is 24.5. The zero-order chi connectivity index (χ0) is 7.94. The Balaban J connectivity index is 2.01. The van der Waals surface area contributed by atoms with E-state index in [1.807, 2.05) is 6.07 Å². The predicted molar refractivity (Wildman–Crippen MR) is 39.0 cm³/mol. The first-order valence-corrected chi connectivity index (χ1v) is 3.70. The molecular weight excluding hydrogens is 144 g/mol. The van der Waals surface area contributed by atoms with Crippen LogP contribution in [0.3, 0.4) is 0 Å². The van der Waals surface area contributed by atoms with Gasteiger partial charge in [-0.2, -0.15) is 5.26 Å². The number of nitriles is 1. The Morgan fingerprint density at radius 3 is 3.27 bits per heavy atom. The molecule has 11 heavy (non-hydrogen) atoms. The lowest BCUT2D eigenvalue weighted by Gasteiger charge is -2.22. The van der Waals surface area contributed by atoms with Crippen LogP contribution in [0.5, 0.6) is 0 Å². The van der Waals surface area contributed by atoms with Gasteiger partial charge in [0.15, 0.2) is 0 Å². The van der Waals surface area contributed by atoms with Crippen molar-refractivity contribution in [3.05, 3.63) is 0 Å². The largest absolute Gasteiger partial charge is 0.373 e. The zero-order valence-electron chi connectivity index (χ0n) is 6.38. The van der Waals surface area contributed by atoms with Crippen LogP contribution in [0.1, 0.15) is 0 Å². The Morgan fingerprint density at radius 2 is 2.64 bits per heavy atom. The average Bonchev–Trinajstić information content (AvgIpc) is 2.07. The molecule has 1 N–H and O–H groups in total. The summed E-state index contributed by atoms with van der Waals surface area (Å²) < 4.78 is 10.3. The molecular formula is C7H12N2O2. The van der Waals surface area contributed by atoms with E-state index in [9.17, 15) is 0 Å². The fourth-order valence-corrected chi connectivity index (χ4v) is 0.963. The second kappa shape index (κ2) is 5.08. The summed E-state index contributed by atoms with van der Waals surface area (Å²) in [6, 6.07) is 1.91. The maximum Gasteiger partial charge on any atom is 0.133 e. The minimum atomic E-state index is 0.122. The first kappa shape index (κ1) is 8.47. The van der Waals surface area contributed by atoms with Gasteiger partial charge < -0.3 is 14.8 Å². The summed E-state index contributed by atoms with van der Waals surface area (Å²) in [5, 5.41) is 11.3. The van der Waals surface area contributed by atoms with Crippen LogP contribution < -0.4 is 5.32 Å². The van der Waals surface area contributed by atoms with Gasteiger partial charge in [-0.3, -0.25) is 0 Å². The third kappa shape index (κ3) is 3.33. The second-order valence-electron chi connectivity index (χ2n) is 2.37. The van der Waals surface area contributed by atoms with E-state index in [1.54, 1.807) is 0 Å². The molecule has 1 heterocycles. The summed E-state index contributed by atoms with van der Waals surface area (Å²) in [6.45, 7) is 3.14. The highest BCUT2D eigenvalue weighted by atomic mass is 16.5. The van der Waals surface area contributed by atoms with Crippen LogP contribution in [-0.4, -0.2) is 39.0 Å². The minimum Gasteiger partial charge on any atom is -0.373 e. The number of hydrogen-bond donors (Lipinski definition) is 1. The Kier molecular flexibility index (Phi) is 3.91. The van der Waals surface area contributed by atoms with Gasteiger partial charge >= 0.3 is 0 Å². The highest BCUT2D eigenvalue weighted by Gasteiger charge is 2.12. The van der Waals surface area contributed by atoms with Crippen molar-refractivity contribution >= 4 is 0 Å². The van der Waals surface area contributed by atoms with Gasteiger partial charge in [-0.1, -0.05) is 0 Å². The van der Waals surface area contributed by atoms with Crippen molar-refractivity contribution in [3.63, 3.8) is 0 Å². The van der Waals surface area contributed by atoms with Crippen LogP contribution in [0.4, 0.5) is 0 Å². The lowest BCUT2D eigenvalue weighted by molar-refractivity contribution is -0.0249. The average molecular weight is 156 g/mol. The molecule has 4 heteroatoms. The number of nitrogens with zero attached hydrogens (tertiary/aromatic N) is 1. The fourth-order valence-electron chi connectivity index (χ4n) is 0.963. The van der Waals surface area contributed by atoms with Gasteiger partial charge in [-0.15, -0.1) is 0 Å². The summed E-state index contributed by atoms with van der Waals surface area (Å²) in [4.78, 5) is 0. The van der Waals surface area contributed by atoms with Gasteiger partial charge in [-0.05, 0) is 0 Å². The summed E-state index contributed by atoms with van der Waals surface area (Å²) in [7, 11) is 0. The minimum absolute atomic E-state index is 0.122. The smallest absolute Gasteiger partial charge is 0.133 e. The first-order valence-electron chi connectivity index (χ1n) is 3.70. The number of ether oxygens (including phenoxy) is 2. The highest BCUT2D eigenvalue weighted by molar-refractivity contribution is 4.70. The maximum atomic E-state index is 8.16. The van der Waals surface area contributed by atoms with Crippen molar-refractivity contribution in [1.29, 1.82) is 5.26 Å². The lowest BCUT2D eigenvalue weighted by Crippen LogP contribution is -2.41. The lowest BCUT2D eigenvalue weighted by atomic mass is 10.3. The Labute approximate surface area is 66.1 Å². The van der Waals surface area contributed by atoms with Crippen molar-refractivity contribution in [2.45, 2.75) is 6.10 Å². The Hall–Kier alpha value is -0.630. The third-order valence-corrected chi connectivity index (χ3v) is 1.47. The van der Waals surface area contributed by atoms with E-state index in [-0.39, 0.29) is 12.7 Å². The van der Waals surface area contributed by atoms with Crippen molar-refractivity contribution < 1.29 is 9.47 Å². The Bertz CT molecular complexity index is 138. The molecule has 1 rings (SSSR count). The fraction of sp³-hybridized carbons (Fsp3) is 0.857. The standard InChI is InChI=1S/C7H12N2O2/c8-1-3-10-6-7-5-9-2-4-11-7/h7,9H,2-6H2. The summed E-state index contributed by atoms with van der Waals surface area (Å²) in [6.07, 6.45) is 0.122. The number of rotatable bonds is 3. The molecule has 1 atom stereocenters. The molecule has 1 saturated heterocycles. The molecule has 1 aliphatic rings.